The molecule has 0 bridgehead atoms. The Bertz CT molecular complexity index is 497. The van der Waals surface area contributed by atoms with Gasteiger partial charge in [-0.2, -0.15) is 0 Å². The van der Waals surface area contributed by atoms with Crippen LogP contribution in [0.3, 0.4) is 0 Å². The minimum Gasteiger partial charge on any atom is -0.497 e. The molecule has 1 amide bonds. The number of hydrogen-bond acceptors (Lipinski definition) is 4. The zero-order valence-electron chi connectivity index (χ0n) is 13.7. The smallest absolute Gasteiger partial charge is 0.234 e. The molecule has 1 N–H and O–H groups in total. The minimum atomic E-state index is 0.0624. The first-order chi connectivity index (χ1) is 10.6. The Morgan fingerprint density at radius 2 is 2.00 bits per heavy atom. The highest BCUT2D eigenvalue weighted by atomic mass is 16.5. The molecule has 5 heteroatoms. The lowest BCUT2D eigenvalue weighted by molar-refractivity contribution is -0.122. The second kappa shape index (κ2) is 8.03. The van der Waals surface area contributed by atoms with E-state index in [2.05, 4.69) is 17.1 Å². The van der Waals surface area contributed by atoms with Crippen molar-refractivity contribution < 1.29 is 14.3 Å². The third-order valence-electron chi connectivity index (χ3n) is 4.21. The van der Waals surface area contributed by atoms with E-state index in [1.807, 2.05) is 18.2 Å². The first kappa shape index (κ1) is 16.6. The van der Waals surface area contributed by atoms with Crippen molar-refractivity contribution in [3.8, 4) is 11.5 Å². The summed E-state index contributed by atoms with van der Waals surface area (Å²) in [6, 6.07) is 5.62. The van der Waals surface area contributed by atoms with Crippen LogP contribution in [0, 0.1) is 5.92 Å². The Morgan fingerprint density at radius 1 is 1.27 bits per heavy atom. The number of nitrogens with zero attached hydrogens (tertiary/aromatic N) is 1. The molecule has 0 aromatic heterocycles. The average Bonchev–Trinajstić information content (AvgIpc) is 2.55. The van der Waals surface area contributed by atoms with Crippen LogP contribution >= 0.6 is 0 Å². The van der Waals surface area contributed by atoms with Crippen LogP contribution in [-0.4, -0.2) is 44.7 Å². The lowest BCUT2D eigenvalue weighted by Gasteiger charge is -2.29. The standard InChI is InChI=1S/C17H26N2O3/c1-13-6-8-19(9-7-13)12-17(20)18-11-14-4-5-15(21-2)10-16(14)22-3/h4-5,10,13H,6-9,11-12H2,1-3H3,(H,18,20). The Labute approximate surface area is 132 Å². The quantitative estimate of drug-likeness (QED) is 0.874. The molecule has 22 heavy (non-hydrogen) atoms. The van der Waals surface area contributed by atoms with Gasteiger partial charge in [0.15, 0.2) is 0 Å². The highest BCUT2D eigenvalue weighted by Crippen LogP contribution is 2.24. The molecule has 1 aliphatic heterocycles. The molecule has 5 nitrogen and oxygen atoms in total. The first-order valence-electron chi connectivity index (χ1n) is 7.82. The van der Waals surface area contributed by atoms with E-state index in [1.54, 1.807) is 14.2 Å². The van der Waals surface area contributed by atoms with Crippen molar-refractivity contribution in [2.45, 2.75) is 26.3 Å². The lowest BCUT2D eigenvalue weighted by atomic mass is 9.99. The van der Waals surface area contributed by atoms with E-state index in [0.29, 0.717) is 13.1 Å². The second-order valence-electron chi connectivity index (χ2n) is 5.91. The SMILES string of the molecule is COc1ccc(CNC(=O)CN2CCC(C)CC2)c(OC)c1. The van der Waals surface area contributed by atoms with E-state index in [0.717, 1.165) is 36.1 Å². The van der Waals surface area contributed by atoms with E-state index in [4.69, 9.17) is 9.47 Å². The van der Waals surface area contributed by atoms with Crippen LogP contribution in [0.2, 0.25) is 0 Å². The van der Waals surface area contributed by atoms with Crippen LogP contribution in [0.4, 0.5) is 0 Å². The molecule has 122 valence electrons. The van der Waals surface area contributed by atoms with Crippen LogP contribution in [0.15, 0.2) is 18.2 Å². The number of piperidine rings is 1. The number of amides is 1. The third-order valence-corrected chi connectivity index (χ3v) is 4.21. The summed E-state index contributed by atoms with van der Waals surface area (Å²) in [7, 11) is 3.24. The number of benzene rings is 1. The summed E-state index contributed by atoms with van der Waals surface area (Å²) >= 11 is 0. The minimum absolute atomic E-state index is 0.0624. The van der Waals surface area contributed by atoms with Gasteiger partial charge in [-0.05, 0) is 44.0 Å². The summed E-state index contributed by atoms with van der Waals surface area (Å²) in [4.78, 5) is 14.3. The maximum absolute atomic E-state index is 12.1. The molecule has 0 atom stereocenters. The predicted molar refractivity (Wildman–Crippen MR) is 86.2 cm³/mol. The summed E-state index contributed by atoms with van der Waals surface area (Å²) in [5.41, 5.74) is 0.948. The number of carbonyl (C=O) groups excluding carboxylic acids is 1. The van der Waals surface area contributed by atoms with Gasteiger partial charge >= 0.3 is 0 Å². The third kappa shape index (κ3) is 4.63. The van der Waals surface area contributed by atoms with Gasteiger partial charge < -0.3 is 14.8 Å². The Kier molecular flexibility index (Phi) is 6.07. The van der Waals surface area contributed by atoms with E-state index in [-0.39, 0.29) is 5.91 Å². The normalized spacial score (nSPS) is 16.3. The van der Waals surface area contributed by atoms with Gasteiger partial charge in [0.05, 0.1) is 20.8 Å². The zero-order valence-corrected chi connectivity index (χ0v) is 13.7. The molecule has 0 aliphatic carbocycles. The molecule has 1 saturated heterocycles. The Balaban J connectivity index is 1.83. The number of rotatable bonds is 6. The molecular formula is C17H26N2O3. The van der Waals surface area contributed by atoms with Gasteiger partial charge in [0.2, 0.25) is 5.91 Å². The molecule has 1 fully saturated rings. The van der Waals surface area contributed by atoms with Crippen molar-refractivity contribution >= 4 is 5.91 Å². The van der Waals surface area contributed by atoms with Crippen molar-refractivity contribution in [3.63, 3.8) is 0 Å². The van der Waals surface area contributed by atoms with E-state index >= 15 is 0 Å². The second-order valence-corrected chi connectivity index (χ2v) is 5.91. The lowest BCUT2D eigenvalue weighted by Crippen LogP contribution is -2.41. The van der Waals surface area contributed by atoms with Gasteiger partial charge in [-0.25, -0.2) is 0 Å². The molecule has 1 aromatic carbocycles. The number of methoxy groups -OCH3 is 2. The van der Waals surface area contributed by atoms with Crippen LogP contribution in [0.25, 0.3) is 0 Å². The topological polar surface area (TPSA) is 50.8 Å². The molecule has 0 spiro atoms. The van der Waals surface area contributed by atoms with Crippen LogP contribution in [0.1, 0.15) is 25.3 Å². The summed E-state index contributed by atoms with van der Waals surface area (Å²) in [6.07, 6.45) is 2.36. The molecule has 2 rings (SSSR count). The van der Waals surface area contributed by atoms with Crippen molar-refractivity contribution in [2.24, 2.45) is 5.92 Å². The van der Waals surface area contributed by atoms with E-state index in [9.17, 15) is 4.79 Å². The molecule has 1 aromatic rings. The number of likely N-dealkylation sites (tertiary alicyclic amines) is 1. The fraction of sp³-hybridized carbons (Fsp3) is 0.588. The zero-order chi connectivity index (χ0) is 15.9. The van der Waals surface area contributed by atoms with Gasteiger partial charge in [0.25, 0.3) is 0 Å². The number of ether oxygens (including phenoxy) is 2. The van der Waals surface area contributed by atoms with Crippen LogP contribution in [-0.2, 0) is 11.3 Å². The predicted octanol–water partition coefficient (Wildman–Crippen LogP) is 2.05. The molecule has 1 aliphatic rings. The summed E-state index contributed by atoms with van der Waals surface area (Å²) in [5.74, 6) is 2.32. The summed E-state index contributed by atoms with van der Waals surface area (Å²) in [6.45, 7) is 5.25. The summed E-state index contributed by atoms with van der Waals surface area (Å²) < 4.78 is 10.5. The monoisotopic (exact) mass is 306 g/mol. The maximum atomic E-state index is 12.1. The highest BCUT2D eigenvalue weighted by Gasteiger charge is 2.18. The highest BCUT2D eigenvalue weighted by molar-refractivity contribution is 5.78. The van der Waals surface area contributed by atoms with Gasteiger partial charge in [-0.3, -0.25) is 9.69 Å². The van der Waals surface area contributed by atoms with Gasteiger partial charge in [0.1, 0.15) is 11.5 Å². The fourth-order valence-corrected chi connectivity index (χ4v) is 2.67. The average molecular weight is 306 g/mol. The van der Waals surface area contributed by atoms with Crippen molar-refractivity contribution in [3.05, 3.63) is 23.8 Å². The van der Waals surface area contributed by atoms with E-state index < -0.39 is 0 Å². The molecule has 1 heterocycles. The fourth-order valence-electron chi connectivity index (χ4n) is 2.67. The van der Waals surface area contributed by atoms with Crippen molar-refractivity contribution in [2.75, 3.05) is 33.9 Å². The largest absolute Gasteiger partial charge is 0.497 e. The summed E-state index contributed by atoms with van der Waals surface area (Å²) in [5, 5.41) is 2.97. The van der Waals surface area contributed by atoms with E-state index in [1.165, 1.54) is 12.8 Å². The number of hydrogen-bond donors (Lipinski definition) is 1. The van der Waals surface area contributed by atoms with Gasteiger partial charge in [-0.15, -0.1) is 0 Å². The first-order valence-corrected chi connectivity index (χ1v) is 7.82. The molecular weight excluding hydrogens is 280 g/mol. The van der Waals surface area contributed by atoms with Gasteiger partial charge in [0, 0.05) is 18.2 Å². The molecule has 0 radical (unpaired) electrons. The Hall–Kier alpha value is -1.75. The Morgan fingerprint density at radius 3 is 2.64 bits per heavy atom. The molecule has 0 unspecified atom stereocenters. The van der Waals surface area contributed by atoms with Crippen LogP contribution in [0.5, 0.6) is 11.5 Å². The van der Waals surface area contributed by atoms with Gasteiger partial charge in [-0.1, -0.05) is 6.92 Å². The number of carbonyl (C=O) groups is 1. The van der Waals surface area contributed by atoms with Crippen molar-refractivity contribution in [1.82, 2.24) is 10.2 Å². The van der Waals surface area contributed by atoms with Crippen LogP contribution < -0.4 is 14.8 Å². The molecule has 0 saturated carbocycles. The van der Waals surface area contributed by atoms with Crippen molar-refractivity contribution in [1.29, 1.82) is 0 Å². The number of nitrogens with one attached hydrogen (secondary N) is 1. The maximum Gasteiger partial charge on any atom is 0.234 e.